The lowest BCUT2D eigenvalue weighted by atomic mass is 10.3. The number of halogens is 2. The Balaban J connectivity index is 2.59. The summed E-state index contributed by atoms with van der Waals surface area (Å²) in [6, 6.07) is 8.81. The van der Waals surface area contributed by atoms with Crippen molar-refractivity contribution >= 4 is 31.9 Å². The highest BCUT2D eigenvalue weighted by atomic mass is 79.9. The Morgan fingerprint density at radius 2 is 2.15 bits per heavy atom. The fourth-order valence-corrected chi connectivity index (χ4v) is 1.84. The molecule has 2 aromatic rings. The normalized spacial score (nSPS) is 10.3. The third kappa shape index (κ3) is 1.69. The molecule has 1 heterocycles. The quantitative estimate of drug-likeness (QED) is 0.791. The summed E-state index contributed by atoms with van der Waals surface area (Å²) in [6.45, 7) is 0. The molecule has 2 nitrogen and oxygen atoms in total. The molecule has 13 heavy (non-hydrogen) atoms. The first kappa shape index (κ1) is 8.97. The van der Waals surface area contributed by atoms with E-state index in [1.807, 2.05) is 18.2 Å². The van der Waals surface area contributed by atoms with Gasteiger partial charge in [-0.15, -0.1) is 0 Å². The molecule has 4 heteroatoms. The lowest BCUT2D eigenvalue weighted by molar-refractivity contribution is 0.875. The predicted octanol–water partition coefficient (Wildman–Crippen LogP) is 3.20. The number of nitrogens with zero attached hydrogens (tertiary/aromatic N) is 2. The Morgan fingerprint density at radius 1 is 1.31 bits per heavy atom. The molecule has 0 aliphatic carbocycles. The minimum atomic E-state index is 0.993. The number of hydrogen-bond acceptors (Lipinski definition) is 1. The van der Waals surface area contributed by atoms with E-state index in [4.69, 9.17) is 0 Å². The molecular formula is C9H5Br2N2. The molecule has 0 fully saturated rings. The summed E-state index contributed by atoms with van der Waals surface area (Å²) in [5.41, 5.74) is 0.996. The van der Waals surface area contributed by atoms with Gasteiger partial charge in [0.2, 0.25) is 0 Å². The summed E-state index contributed by atoms with van der Waals surface area (Å²) < 4.78 is 3.77. The van der Waals surface area contributed by atoms with Gasteiger partial charge in [0.1, 0.15) is 0 Å². The first-order valence-corrected chi connectivity index (χ1v) is 5.23. The van der Waals surface area contributed by atoms with Crippen LogP contribution in [0.15, 0.2) is 39.5 Å². The van der Waals surface area contributed by atoms with Crippen molar-refractivity contribution in [3.63, 3.8) is 0 Å². The van der Waals surface area contributed by atoms with Crippen LogP contribution in [-0.4, -0.2) is 9.78 Å². The zero-order chi connectivity index (χ0) is 9.26. The van der Waals surface area contributed by atoms with Crippen LogP contribution < -0.4 is 0 Å². The van der Waals surface area contributed by atoms with Gasteiger partial charge in [-0.05, 0) is 44.0 Å². The molecule has 0 bridgehead atoms. The van der Waals surface area contributed by atoms with Gasteiger partial charge >= 0.3 is 0 Å². The molecule has 65 valence electrons. The van der Waals surface area contributed by atoms with Gasteiger partial charge in [-0.2, -0.15) is 5.10 Å². The molecule has 0 aliphatic rings. The Bertz CT molecular complexity index is 410. The molecule has 1 radical (unpaired) electrons. The molecule has 0 saturated carbocycles. The Kier molecular flexibility index (Phi) is 2.51. The average Bonchev–Trinajstić information content (AvgIpc) is 2.62. The molecule has 0 unspecified atom stereocenters. The van der Waals surface area contributed by atoms with Crippen LogP contribution in [0.3, 0.4) is 0 Å². The van der Waals surface area contributed by atoms with E-state index in [1.165, 1.54) is 0 Å². The maximum Gasteiger partial charge on any atom is 0.0799 e. The minimum absolute atomic E-state index is 0.993. The number of rotatable bonds is 1. The van der Waals surface area contributed by atoms with Crippen molar-refractivity contribution in [3.8, 4) is 5.69 Å². The first-order valence-electron chi connectivity index (χ1n) is 3.64. The van der Waals surface area contributed by atoms with Crippen molar-refractivity contribution in [3.05, 3.63) is 45.6 Å². The van der Waals surface area contributed by atoms with E-state index in [-0.39, 0.29) is 0 Å². The highest BCUT2D eigenvalue weighted by molar-refractivity contribution is 9.13. The van der Waals surface area contributed by atoms with Crippen LogP contribution >= 0.6 is 31.9 Å². The number of hydrogen-bond donors (Lipinski definition) is 0. The van der Waals surface area contributed by atoms with Gasteiger partial charge in [0.25, 0.3) is 0 Å². The Labute approximate surface area is 92.8 Å². The van der Waals surface area contributed by atoms with Crippen molar-refractivity contribution < 1.29 is 0 Å². The summed E-state index contributed by atoms with van der Waals surface area (Å²) in [4.78, 5) is 0. The SMILES string of the molecule is Brc1cccc(-n2c[c]cn2)c1Br. The molecule has 1 aromatic heterocycles. The third-order valence-corrected chi connectivity index (χ3v) is 3.66. The van der Waals surface area contributed by atoms with Crippen LogP contribution in [-0.2, 0) is 0 Å². The maximum absolute atomic E-state index is 4.10. The van der Waals surface area contributed by atoms with Gasteiger partial charge in [0.05, 0.1) is 16.4 Å². The number of benzene rings is 1. The van der Waals surface area contributed by atoms with Crippen LogP contribution in [0.4, 0.5) is 0 Å². The van der Waals surface area contributed by atoms with E-state index in [0.717, 1.165) is 14.6 Å². The van der Waals surface area contributed by atoms with E-state index in [2.05, 4.69) is 43.0 Å². The van der Waals surface area contributed by atoms with Crippen molar-refractivity contribution in [2.45, 2.75) is 0 Å². The third-order valence-electron chi connectivity index (χ3n) is 1.63. The van der Waals surface area contributed by atoms with E-state index < -0.39 is 0 Å². The van der Waals surface area contributed by atoms with Gasteiger partial charge < -0.3 is 0 Å². The van der Waals surface area contributed by atoms with Crippen molar-refractivity contribution in [1.82, 2.24) is 9.78 Å². The van der Waals surface area contributed by atoms with Gasteiger partial charge in [-0.25, -0.2) is 4.68 Å². The lowest BCUT2D eigenvalue weighted by Crippen LogP contribution is -1.95. The fourth-order valence-electron chi connectivity index (χ4n) is 1.03. The zero-order valence-corrected chi connectivity index (χ0v) is 9.71. The van der Waals surface area contributed by atoms with Gasteiger partial charge in [-0.1, -0.05) is 6.07 Å². The van der Waals surface area contributed by atoms with Crippen molar-refractivity contribution in [1.29, 1.82) is 0 Å². The van der Waals surface area contributed by atoms with Crippen LogP contribution in [0.25, 0.3) is 5.69 Å². The molecule has 2 rings (SSSR count). The molecule has 0 aliphatic heterocycles. The van der Waals surface area contributed by atoms with E-state index in [1.54, 1.807) is 17.1 Å². The summed E-state index contributed by atoms with van der Waals surface area (Å²) in [6.07, 6.45) is 3.42. The molecular weight excluding hydrogens is 296 g/mol. The highest BCUT2D eigenvalue weighted by Crippen LogP contribution is 2.28. The summed E-state index contributed by atoms with van der Waals surface area (Å²) in [5.74, 6) is 0. The topological polar surface area (TPSA) is 17.8 Å². The molecule has 0 atom stereocenters. The van der Waals surface area contributed by atoms with Gasteiger partial charge in [0.15, 0.2) is 0 Å². The van der Waals surface area contributed by atoms with Gasteiger partial charge in [-0.3, -0.25) is 0 Å². The van der Waals surface area contributed by atoms with Crippen molar-refractivity contribution in [2.75, 3.05) is 0 Å². The standard InChI is InChI=1S/C9H5Br2N2/c10-7-3-1-4-8(9(7)11)13-6-2-5-12-13/h1,3-6H. The second-order valence-electron chi connectivity index (χ2n) is 2.46. The number of aromatic nitrogens is 2. The van der Waals surface area contributed by atoms with Gasteiger partial charge in [0, 0.05) is 16.7 Å². The second kappa shape index (κ2) is 3.64. The summed E-state index contributed by atoms with van der Waals surface area (Å²) in [7, 11) is 0. The minimum Gasteiger partial charge on any atom is -0.239 e. The highest BCUT2D eigenvalue weighted by Gasteiger charge is 2.04. The predicted molar refractivity (Wildman–Crippen MR) is 57.8 cm³/mol. The Morgan fingerprint density at radius 3 is 2.85 bits per heavy atom. The van der Waals surface area contributed by atoms with Crippen LogP contribution in [0, 0.1) is 6.07 Å². The van der Waals surface area contributed by atoms with Crippen LogP contribution in [0.5, 0.6) is 0 Å². The van der Waals surface area contributed by atoms with Crippen molar-refractivity contribution in [2.24, 2.45) is 0 Å². The first-order chi connectivity index (χ1) is 6.29. The molecule has 0 amide bonds. The summed E-state index contributed by atoms with van der Waals surface area (Å²) in [5, 5.41) is 4.10. The zero-order valence-electron chi connectivity index (χ0n) is 6.54. The van der Waals surface area contributed by atoms with E-state index in [9.17, 15) is 0 Å². The summed E-state index contributed by atoms with van der Waals surface area (Å²) >= 11 is 6.91. The van der Waals surface area contributed by atoms with Crippen LogP contribution in [0.1, 0.15) is 0 Å². The van der Waals surface area contributed by atoms with E-state index in [0.29, 0.717) is 0 Å². The van der Waals surface area contributed by atoms with E-state index >= 15 is 0 Å². The molecule has 0 N–H and O–H groups in total. The average molecular weight is 301 g/mol. The molecule has 0 spiro atoms. The second-order valence-corrected chi connectivity index (χ2v) is 4.11. The monoisotopic (exact) mass is 299 g/mol. The Hall–Kier alpha value is -0.610. The smallest absolute Gasteiger partial charge is 0.0799 e. The largest absolute Gasteiger partial charge is 0.239 e. The maximum atomic E-state index is 4.10. The molecule has 0 saturated heterocycles. The fraction of sp³-hybridized carbons (Fsp3) is 0. The molecule has 1 aromatic carbocycles. The van der Waals surface area contributed by atoms with Crippen LogP contribution in [0.2, 0.25) is 0 Å². The lowest BCUT2D eigenvalue weighted by Gasteiger charge is -2.04.